The van der Waals surface area contributed by atoms with E-state index in [-0.39, 0.29) is 17.3 Å². The SMILES string of the molecule is CC(C)(C)NC(=O)c1ccnc(Nc2ccccc2C(F)(F)F)n1. The van der Waals surface area contributed by atoms with Gasteiger partial charge in [0.25, 0.3) is 5.91 Å². The van der Waals surface area contributed by atoms with Crippen LogP contribution in [-0.4, -0.2) is 21.4 Å². The van der Waals surface area contributed by atoms with Crippen molar-refractivity contribution in [3.05, 3.63) is 47.8 Å². The van der Waals surface area contributed by atoms with Gasteiger partial charge in [0.2, 0.25) is 5.95 Å². The highest BCUT2D eigenvalue weighted by molar-refractivity contribution is 5.93. The molecule has 0 unspecified atom stereocenters. The van der Waals surface area contributed by atoms with Crippen LogP contribution in [0.15, 0.2) is 36.5 Å². The fourth-order valence-corrected chi connectivity index (χ4v) is 1.91. The largest absolute Gasteiger partial charge is 0.418 e. The van der Waals surface area contributed by atoms with Gasteiger partial charge in [-0.1, -0.05) is 12.1 Å². The van der Waals surface area contributed by atoms with Crippen LogP contribution >= 0.6 is 0 Å². The van der Waals surface area contributed by atoms with Crippen molar-refractivity contribution >= 4 is 17.5 Å². The molecule has 1 aromatic carbocycles. The van der Waals surface area contributed by atoms with Gasteiger partial charge in [0.1, 0.15) is 5.69 Å². The summed E-state index contributed by atoms with van der Waals surface area (Å²) >= 11 is 0. The van der Waals surface area contributed by atoms with Crippen molar-refractivity contribution in [1.82, 2.24) is 15.3 Å². The monoisotopic (exact) mass is 338 g/mol. The van der Waals surface area contributed by atoms with Gasteiger partial charge in [-0.05, 0) is 39.0 Å². The lowest BCUT2D eigenvalue weighted by molar-refractivity contribution is -0.136. The highest BCUT2D eigenvalue weighted by Crippen LogP contribution is 2.35. The fraction of sp³-hybridized carbons (Fsp3) is 0.312. The van der Waals surface area contributed by atoms with Gasteiger partial charge < -0.3 is 10.6 Å². The van der Waals surface area contributed by atoms with E-state index in [1.165, 1.54) is 30.5 Å². The fourth-order valence-electron chi connectivity index (χ4n) is 1.91. The van der Waals surface area contributed by atoms with E-state index in [2.05, 4.69) is 20.6 Å². The number of anilines is 2. The van der Waals surface area contributed by atoms with Crippen LogP contribution in [0, 0.1) is 0 Å². The Balaban J connectivity index is 2.27. The van der Waals surface area contributed by atoms with E-state index in [9.17, 15) is 18.0 Å². The molecule has 2 aromatic rings. The standard InChI is InChI=1S/C16H17F3N4O/c1-15(2,3)23-13(24)12-8-9-20-14(22-12)21-11-7-5-4-6-10(11)16(17,18)19/h4-9H,1-3H3,(H,23,24)(H,20,21,22). The van der Waals surface area contributed by atoms with Gasteiger partial charge in [0.05, 0.1) is 11.3 Å². The summed E-state index contributed by atoms with van der Waals surface area (Å²) in [4.78, 5) is 19.9. The molecule has 5 nitrogen and oxygen atoms in total. The van der Waals surface area contributed by atoms with E-state index in [0.717, 1.165) is 6.07 Å². The molecule has 0 aliphatic rings. The molecule has 2 N–H and O–H groups in total. The Hall–Kier alpha value is -2.64. The molecule has 24 heavy (non-hydrogen) atoms. The molecule has 2 rings (SSSR count). The number of carbonyl (C=O) groups is 1. The minimum Gasteiger partial charge on any atom is -0.346 e. The van der Waals surface area contributed by atoms with Crippen LogP contribution in [0.2, 0.25) is 0 Å². The van der Waals surface area contributed by atoms with E-state index >= 15 is 0 Å². The molecule has 0 saturated heterocycles. The average Bonchev–Trinajstić information content (AvgIpc) is 2.45. The maximum Gasteiger partial charge on any atom is 0.418 e. The van der Waals surface area contributed by atoms with Gasteiger partial charge in [0.15, 0.2) is 0 Å². The first-order chi connectivity index (χ1) is 11.1. The summed E-state index contributed by atoms with van der Waals surface area (Å²) in [5, 5.41) is 5.24. The number of benzene rings is 1. The number of aromatic nitrogens is 2. The number of carbonyl (C=O) groups excluding carboxylic acids is 1. The third-order valence-electron chi connectivity index (χ3n) is 2.86. The zero-order valence-electron chi connectivity index (χ0n) is 13.4. The zero-order valence-corrected chi connectivity index (χ0v) is 13.4. The van der Waals surface area contributed by atoms with Gasteiger partial charge in [-0.25, -0.2) is 9.97 Å². The van der Waals surface area contributed by atoms with Gasteiger partial charge in [-0.3, -0.25) is 4.79 Å². The van der Waals surface area contributed by atoms with Crippen molar-refractivity contribution in [3.63, 3.8) is 0 Å². The lowest BCUT2D eigenvalue weighted by Gasteiger charge is -2.20. The van der Waals surface area contributed by atoms with Crippen LogP contribution in [0.1, 0.15) is 36.8 Å². The molecular formula is C16H17F3N4O. The molecule has 1 amide bonds. The Morgan fingerprint density at radius 2 is 1.75 bits per heavy atom. The van der Waals surface area contributed by atoms with Crippen molar-refractivity contribution in [3.8, 4) is 0 Å². The number of hydrogen-bond acceptors (Lipinski definition) is 4. The van der Waals surface area contributed by atoms with Gasteiger partial charge in [0, 0.05) is 11.7 Å². The van der Waals surface area contributed by atoms with Crippen LogP contribution in [0.25, 0.3) is 0 Å². The Kier molecular flexibility index (Phi) is 4.77. The molecule has 0 aliphatic heterocycles. The topological polar surface area (TPSA) is 66.9 Å². The summed E-state index contributed by atoms with van der Waals surface area (Å²) < 4.78 is 39.0. The molecule has 0 spiro atoms. The lowest BCUT2D eigenvalue weighted by atomic mass is 10.1. The Labute approximate surface area is 137 Å². The van der Waals surface area contributed by atoms with Crippen LogP contribution in [0.3, 0.4) is 0 Å². The molecule has 1 aromatic heterocycles. The first kappa shape index (κ1) is 17.7. The van der Waals surface area contributed by atoms with E-state index < -0.39 is 23.2 Å². The smallest absolute Gasteiger partial charge is 0.346 e. The average molecular weight is 338 g/mol. The first-order valence-electron chi connectivity index (χ1n) is 7.15. The van der Waals surface area contributed by atoms with E-state index in [4.69, 9.17) is 0 Å². The molecular weight excluding hydrogens is 321 g/mol. The summed E-state index contributed by atoms with van der Waals surface area (Å²) in [6.45, 7) is 5.43. The molecule has 0 saturated carbocycles. The van der Waals surface area contributed by atoms with Gasteiger partial charge in [-0.2, -0.15) is 13.2 Å². The highest BCUT2D eigenvalue weighted by Gasteiger charge is 2.33. The molecule has 0 bridgehead atoms. The highest BCUT2D eigenvalue weighted by atomic mass is 19.4. The number of hydrogen-bond donors (Lipinski definition) is 2. The minimum atomic E-state index is -4.51. The molecule has 0 atom stereocenters. The predicted octanol–water partition coefficient (Wildman–Crippen LogP) is 3.77. The second-order valence-electron chi connectivity index (χ2n) is 6.14. The number of alkyl halides is 3. The second kappa shape index (κ2) is 6.46. The van der Waals surface area contributed by atoms with Crippen molar-refractivity contribution in [2.45, 2.75) is 32.5 Å². The predicted molar refractivity (Wildman–Crippen MR) is 84.0 cm³/mol. The van der Waals surface area contributed by atoms with Crippen molar-refractivity contribution in [1.29, 1.82) is 0 Å². The Bertz CT molecular complexity index is 739. The van der Waals surface area contributed by atoms with Crippen molar-refractivity contribution in [2.24, 2.45) is 0 Å². The van der Waals surface area contributed by atoms with Crippen LogP contribution < -0.4 is 10.6 Å². The van der Waals surface area contributed by atoms with Crippen LogP contribution in [0.5, 0.6) is 0 Å². The molecule has 1 heterocycles. The third-order valence-corrected chi connectivity index (χ3v) is 2.86. The van der Waals surface area contributed by atoms with Crippen molar-refractivity contribution in [2.75, 3.05) is 5.32 Å². The van der Waals surface area contributed by atoms with E-state index in [1.54, 1.807) is 0 Å². The summed E-state index contributed by atoms with van der Waals surface area (Å²) in [5.41, 5.74) is -1.41. The first-order valence-corrected chi connectivity index (χ1v) is 7.15. The molecule has 0 fully saturated rings. The minimum absolute atomic E-state index is 0.0620. The van der Waals surface area contributed by atoms with Crippen LogP contribution in [0.4, 0.5) is 24.8 Å². The Morgan fingerprint density at radius 1 is 1.08 bits per heavy atom. The number of nitrogens with one attached hydrogen (secondary N) is 2. The molecule has 0 radical (unpaired) electrons. The van der Waals surface area contributed by atoms with Gasteiger partial charge in [-0.15, -0.1) is 0 Å². The molecule has 8 heteroatoms. The summed E-state index contributed by atoms with van der Waals surface area (Å²) in [7, 11) is 0. The number of nitrogens with zero attached hydrogens (tertiary/aromatic N) is 2. The maximum absolute atomic E-state index is 13.0. The van der Waals surface area contributed by atoms with Crippen LogP contribution in [-0.2, 0) is 6.18 Å². The molecule has 0 aliphatic carbocycles. The summed E-state index contributed by atoms with van der Waals surface area (Å²) in [6.07, 6.45) is -3.20. The second-order valence-corrected chi connectivity index (χ2v) is 6.14. The molecule has 128 valence electrons. The number of para-hydroxylation sites is 1. The lowest BCUT2D eigenvalue weighted by Crippen LogP contribution is -2.41. The normalized spacial score (nSPS) is 11.9. The number of halogens is 3. The maximum atomic E-state index is 13.0. The van der Waals surface area contributed by atoms with Crippen molar-refractivity contribution < 1.29 is 18.0 Å². The number of rotatable bonds is 3. The zero-order chi connectivity index (χ0) is 18.0. The third kappa shape index (κ3) is 4.68. The van der Waals surface area contributed by atoms with E-state index in [1.807, 2.05) is 20.8 Å². The van der Waals surface area contributed by atoms with Gasteiger partial charge >= 0.3 is 6.18 Å². The number of amides is 1. The Morgan fingerprint density at radius 3 is 2.38 bits per heavy atom. The summed E-state index contributed by atoms with van der Waals surface area (Å²) in [5.74, 6) is -0.523. The van der Waals surface area contributed by atoms with E-state index in [0.29, 0.717) is 0 Å². The quantitative estimate of drug-likeness (QED) is 0.894. The summed E-state index contributed by atoms with van der Waals surface area (Å²) in [6, 6.07) is 6.38.